The van der Waals surface area contributed by atoms with E-state index in [2.05, 4.69) is 40.5 Å². The molecule has 128 valence electrons. The molecule has 24 heavy (non-hydrogen) atoms. The predicted molar refractivity (Wildman–Crippen MR) is 99.4 cm³/mol. The van der Waals surface area contributed by atoms with Crippen LogP contribution < -0.4 is 5.32 Å². The minimum Gasteiger partial charge on any atom is -0.508 e. The number of nitrogens with zero attached hydrogens (tertiary/aromatic N) is 1. The zero-order chi connectivity index (χ0) is 16.9. The average molecular weight is 345 g/mol. The van der Waals surface area contributed by atoms with Crippen molar-refractivity contribution in [3.05, 3.63) is 64.2 Å². The number of halogens is 1. The number of piperidine rings is 1. The number of benzene rings is 2. The summed E-state index contributed by atoms with van der Waals surface area (Å²) in [6.07, 6.45) is 2.31. The maximum absolute atomic E-state index is 9.68. The molecule has 0 aliphatic carbocycles. The minimum atomic E-state index is 0.262. The Balaban J connectivity index is 1.47. The van der Waals surface area contributed by atoms with Crippen LogP contribution in [0.25, 0.3) is 0 Å². The van der Waals surface area contributed by atoms with E-state index in [0.29, 0.717) is 11.1 Å². The Labute approximate surface area is 149 Å². The van der Waals surface area contributed by atoms with Crippen molar-refractivity contribution < 1.29 is 5.11 Å². The normalized spacial score (nSPS) is 16.4. The van der Waals surface area contributed by atoms with Crippen molar-refractivity contribution in [2.75, 3.05) is 13.1 Å². The summed E-state index contributed by atoms with van der Waals surface area (Å²) in [5.74, 6) is 0.262. The highest BCUT2D eigenvalue weighted by molar-refractivity contribution is 6.32. The molecule has 3 nitrogen and oxygen atoms in total. The van der Waals surface area contributed by atoms with Crippen molar-refractivity contribution in [2.45, 2.75) is 38.9 Å². The zero-order valence-electron chi connectivity index (χ0n) is 14.1. The predicted octanol–water partition coefficient (Wildman–Crippen LogP) is 4.11. The quantitative estimate of drug-likeness (QED) is 0.856. The first kappa shape index (κ1) is 17.3. The number of phenols is 1. The average Bonchev–Trinajstić information content (AvgIpc) is 2.61. The molecule has 1 saturated heterocycles. The van der Waals surface area contributed by atoms with Gasteiger partial charge in [0.05, 0.1) is 5.02 Å². The molecule has 0 radical (unpaired) electrons. The van der Waals surface area contributed by atoms with E-state index >= 15 is 0 Å². The highest BCUT2D eigenvalue weighted by Gasteiger charge is 2.19. The summed E-state index contributed by atoms with van der Waals surface area (Å²) in [7, 11) is 0. The van der Waals surface area contributed by atoms with Gasteiger partial charge in [0.1, 0.15) is 5.75 Å². The van der Waals surface area contributed by atoms with Crippen LogP contribution in [0.5, 0.6) is 5.75 Å². The maximum Gasteiger partial charge on any atom is 0.119 e. The largest absolute Gasteiger partial charge is 0.508 e. The van der Waals surface area contributed by atoms with Gasteiger partial charge in [-0.1, -0.05) is 48.0 Å². The summed E-state index contributed by atoms with van der Waals surface area (Å²) in [6.45, 7) is 5.88. The van der Waals surface area contributed by atoms with Gasteiger partial charge in [-0.25, -0.2) is 0 Å². The second kappa shape index (κ2) is 8.02. The second-order valence-electron chi connectivity index (χ2n) is 6.60. The molecule has 0 amide bonds. The lowest BCUT2D eigenvalue weighted by Crippen LogP contribution is -2.41. The Kier molecular flexibility index (Phi) is 5.77. The molecule has 2 aromatic rings. The number of phenolic OH excluding ortho intramolecular Hbond substituents is 1. The number of aromatic hydroxyl groups is 1. The standard InChI is InChI=1S/C20H25ClN2O/c1-15-19(24)8-7-17(20(15)21)13-22-18-9-11-23(12-10-18)14-16-5-3-2-4-6-16/h2-8,18,22,24H,9-14H2,1H3. The molecule has 0 spiro atoms. The molecule has 0 bridgehead atoms. The molecule has 2 N–H and O–H groups in total. The van der Waals surface area contributed by atoms with Crippen molar-refractivity contribution in [2.24, 2.45) is 0 Å². The third-order valence-corrected chi connectivity index (χ3v) is 5.38. The van der Waals surface area contributed by atoms with Gasteiger partial charge in [0.2, 0.25) is 0 Å². The molecule has 4 heteroatoms. The Morgan fingerprint density at radius 2 is 1.83 bits per heavy atom. The Morgan fingerprint density at radius 3 is 2.54 bits per heavy atom. The fraction of sp³-hybridized carbons (Fsp3) is 0.400. The van der Waals surface area contributed by atoms with E-state index in [0.717, 1.165) is 50.1 Å². The number of nitrogens with one attached hydrogen (secondary N) is 1. The summed E-state index contributed by atoms with van der Waals surface area (Å²) in [5.41, 5.74) is 3.20. The fourth-order valence-corrected chi connectivity index (χ4v) is 3.49. The van der Waals surface area contributed by atoms with Crippen molar-refractivity contribution >= 4 is 11.6 Å². The van der Waals surface area contributed by atoms with E-state index in [4.69, 9.17) is 11.6 Å². The van der Waals surface area contributed by atoms with E-state index in [9.17, 15) is 5.11 Å². The number of hydrogen-bond acceptors (Lipinski definition) is 3. The highest BCUT2D eigenvalue weighted by atomic mass is 35.5. The van der Waals surface area contributed by atoms with Crippen LogP contribution in [-0.2, 0) is 13.1 Å². The van der Waals surface area contributed by atoms with Gasteiger partial charge in [-0.3, -0.25) is 4.90 Å². The van der Waals surface area contributed by atoms with E-state index in [-0.39, 0.29) is 5.75 Å². The highest BCUT2D eigenvalue weighted by Crippen LogP contribution is 2.28. The third kappa shape index (κ3) is 4.29. The lowest BCUT2D eigenvalue weighted by molar-refractivity contribution is 0.190. The van der Waals surface area contributed by atoms with Gasteiger partial charge in [0.25, 0.3) is 0 Å². The summed E-state index contributed by atoms with van der Waals surface area (Å²) < 4.78 is 0. The molecule has 1 aliphatic rings. The summed E-state index contributed by atoms with van der Waals surface area (Å²) in [4.78, 5) is 2.52. The van der Waals surface area contributed by atoms with Crippen LogP contribution in [0, 0.1) is 6.92 Å². The lowest BCUT2D eigenvalue weighted by atomic mass is 10.0. The monoisotopic (exact) mass is 344 g/mol. The zero-order valence-corrected chi connectivity index (χ0v) is 14.9. The second-order valence-corrected chi connectivity index (χ2v) is 6.98. The fourth-order valence-electron chi connectivity index (χ4n) is 3.26. The number of hydrogen-bond donors (Lipinski definition) is 2. The first-order chi connectivity index (χ1) is 11.6. The topological polar surface area (TPSA) is 35.5 Å². The molecule has 0 saturated carbocycles. The molecule has 1 aliphatic heterocycles. The van der Waals surface area contributed by atoms with Gasteiger partial charge in [-0.05, 0) is 50.0 Å². The number of rotatable bonds is 5. The summed E-state index contributed by atoms with van der Waals surface area (Å²) >= 11 is 6.32. The molecule has 3 rings (SSSR count). The van der Waals surface area contributed by atoms with Crippen LogP contribution in [0.1, 0.15) is 29.5 Å². The Morgan fingerprint density at radius 1 is 1.12 bits per heavy atom. The minimum absolute atomic E-state index is 0.262. The Hall–Kier alpha value is -1.55. The first-order valence-corrected chi connectivity index (χ1v) is 8.98. The molecule has 0 atom stereocenters. The van der Waals surface area contributed by atoms with Gasteiger partial charge in [0.15, 0.2) is 0 Å². The van der Waals surface area contributed by atoms with Crippen molar-refractivity contribution in [3.8, 4) is 5.75 Å². The van der Waals surface area contributed by atoms with Gasteiger partial charge < -0.3 is 10.4 Å². The SMILES string of the molecule is Cc1c(O)ccc(CNC2CCN(Cc3ccccc3)CC2)c1Cl. The van der Waals surface area contributed by atoms with Crippen molar-refractivity contribution in [1.29, 1.82) is 0 Å². The van der Waals surface area contributed by atoms with Crippen LogP contribution in [0.15, 0.2) is 42.5 Å². The van der Waals surface area contributed by atoms with E-state index in [1.54, 1.807) is 6.07 Å². The smallest absolute Gasteiger partial charge is 0.119 e. The summed E-state index contributed by atoms with van der Waals surface area (Å²) in [5, 5.41) is 14.0. The Bertz CT molecular complexity index is 667. The van der Waals surface area contributed by atoms with Crippen LogP contribution in [0.4, 0.5) is 0 Å². The third-order valence-electron chi connectivity index (χ3n) is 4.86. The molecule has 0 unspecified atom stereocenters. The van der Waals surface area contributed by atoms with E-state index < -0.39 is 0 Å². The molecular weight excluding hydrogens is 320 g/mol. The molecule has 1 fully saturated rings. The van der Waals surface area contributed by atoms with Gasteiger partial charge >= 0.3 is 0 Å². The van der Waals surface area contributed by atoms with E-state index in [1.165, 1.54) is 5.56 Å². The van der Waals surface area contributed by atoms with Crippen LogP contribution >= 0.6 is 11.6 Å². The van der Waals surface area contributed by atoms with Crippen LogP contribution in [-0.4, -0.2) is 29.1 Å². The van der Waals surface area contributed by atoms with Gasteiger partial charge in [-0.15, -0.1) is 0 Å². The van der Waals surface area contributed by atoms with Crippen molar-refractivity contribution in [3.63, 3.8) is 0 Å². The maximum atomic E-state index is 9.68. The van der Waals surface area contributed by atoms with Crippen LogP contribution in [0.2, 0.25) is 5.02 Å². The molecule has 1 heterocycles. The first-order valence-electron chi connectivity index (χ1n) is 8.60. The molecular formula is C20H25ClN2O. The lowest BCUT2D eigenvalue weighted by Gasteiger charge is -2.32. The van der Waals surface area contributed by atoms with Crippen LogP contribution in [0.3, 0.4) is 0 Å². The van der Waals surface area contributed by atoms with Gasteiger partial charge in [0, 0.05) is 24.7 Å². The van der Waals surface area contributed by atoms with E-state index in [1.807, 2.05) is 13.0 Å². The molecule has 0 aromatic heterocycles. The summed E-state index contributed by atoms with van der Waals surface area (Å²) in [6, 6.07) is 14.8. The van der Waals surface area contributed by atoms with Crippen molar-refractivity contribution in [1.82, 2.24) is 10.2 Å². The number of likely N-dealkylation sites (tertiary alicyclic amines) is 1. The van der Waals surface area contributed by atoms with Gasteiger partial charge in [-0.2, -0.15) is 0 Å². The molecule has 2 aromatic carbocycles.